The first kappa shape index (κ1) is 52.7. The van der Waals surface area contributed by atoms with Gasteiger partial charge in [0.25, 0.3) is 7.82 Å². The van der Waals surface area contributed by atoms with Gasteiger partial charge in [-0.25, -0.2) is 0 Å². The SMILES string of the molecule is CC/C=C\C/C=C\CC(O)/C=C/C=C\C/C=C\CCCC(=O)O[C@H](COC(=O)CCCCCCCCCCCCCCC)COP(=O)([O-])OCC[N+](C)(C)C. The van der Waals surface area contributed by atoms with E-state index in [4.69, 9.17) is 18.5 Å². The second-order valence-corrected chi connectivity index (χ2v) is 16.6. The Labute approximate surface area is 335 Å². The predicted octanol–water partition coefficient (Wildman–Crippen LogP) is 10.0. The number of hydrogen-bond donors (Lipinski definition) is 1. The van der Waals surface area contributed by atoms with Crippen molar-refractivity contribution in [3.63, 3.8) is 0 Å². The topological polar surface area (TPSA) is 131 Å². The minimum atomic E-state index is -4.65. The number of rotatable bonds is 37. The normalized spacial score (nSPS) is 14.8. The summed E-state index contributed by atoms with van der Waals surface area (Å²) in [7, 11) is 1.08. The average Bonchev–Trinajstić information content (AvgIpc) is 3.13. The van der Waals surface area contributed by atoms with Crippen LogP contribution < -0.4 is 4.89 Å². The Kier molecular flexibility index (Phi) is 34.5. The van der Waals surface area contributed by atoms with Crippen molar-refractivity contribution < 1.29 is 47.2 Å². The van der Waals surface area contributed by atoms with Gasteiger partial charge in [-0.15, -0.1) is 0 Å². The van der Waals surface area contributed by atoms with Gasteiger partial charge < -0.3 is 33.0 Å². The number of likely N-dealkylation sites (N-methyl/N-ethyl adjacent to an activating group) is 1. The molecular formula is C44H78NO9P. The lowest BCUT2D eigenvalue weighted by Gasteiger charge is -2.28. The first-order valence-electron chi connectivity index (χ1n) is 21.1. The lowest BCUT2D eigenvalue weighted by molar-refractivity contribution is -0.870. The van der Waals surface area contributed by atoms with E-state index in [9.17, 15) is 24.2 Å². The van der Waals surface area contributed by atoms with E-state index in [0.717, 1.165) is 25.7 Å². The largest absolute Gasteiger partial charge is 0.756 e. The third kappa shape index (κ3) is 39.7. The number of aliphatic hydroxyl groups is 1. The number of aliphatic hydroxyl groups excluding tert-OH is 1. The van der Waals surface area contributed by atoms with E-state index in [1.165, 1.54) is 64.2 Å². The number of allylic oxidation sites excluding steroid dienone is 8. The van der Waals surface area contributed by atoms with Crippen LogP contribution in [-0.2, 0) is 32.7 Å². The van der Waals surface area contributed by atoms with E-state index in [0.29, 0.717) is 43.1 Å². The number of nitrogens with zero attached hydrogens (tertiary/aromatic N) is 1. The summed E-state index contributed by atoms with van der Waals surface area (Å²) in [4.78, 5) is 37.4. The van der Waals surface area contributed by atoms with Crippen molar-refractivity contribution in [2.75, 3.05) is 47.5 Å². The molecule has 0 saturated carbocycles. The lowest BCUT2D eigenvalue weighted by Crippen LogP contribution is -2.37. The fraction of sp³-hybridized carbons (Fsp3) is 0.727. The Bertz CT molecular complexity index is 1140. The van der Waals surface area contributed by atoms with Crippen LogP contribution in [-0.4, -0.2) is 81.2 Å². The van der Waals surface area contributed by atoms with E-state index in [1.807, 2.05) is 63.7 Å². The van der Waals surface area contributed by atoms with E-state index in [1.54, 1.807) is 6.08 Å². The summed E-state index contributed by atoms with van der Waals surface area (Å²) in [5.41, 5.74) is 0. The highest BCUT2D eigenvalue weighted by Gasteiger charge is 2.21. The van der Waals surface area contributed by atoms with Gasteiger partial charge in [-0.05, 0) is 44.9 Å². The third-order valence-electron chi connectivity index (χ3n) is 8.63. The molecule has 0 bridgehead atoms. The van der Waals surface area contributed by atoms with Gasteiger partial charge in [0.2, 0.25) is 0 Å². The second kappa shape index (κ2) is 36.0. The summed E-state index contributed by atoms with van der Waals surface area (Å²) < 4.78 is 33.7. The maximum atomic E-state index is 12.6. The number of ether oxygens (including phenoxy) is 2. The maximum absolute atomic E-state index is 12.6. The minimum absolute atomic E-state index is 0.0541. The van der Waals surface area contributed by atoms with Crippen molar-refractivity contribution >= 4 is 19.8 Å². The average molecular weight is 796 g/mol. The fourth-order valence-corrected chi connectivity index (χ4v) is 6.03. The van der Waals surface area contributed by atoms with Crippen molar-refractivity contribution in [3.05, 3.63) is 60.8 Å². The van der Waals surface area contributed by atoms with Crippen molar-refractivity contribution in [1.82, 2.24) is 0 Å². The van der Waals surface area contributed by atoms with Crippen LogP contribution in [0.3, 0.4) is 0 Å². The highest BCUT2D eigenvalue weighted by Crippen LogP contribution is 2.38. The molecule has 0 aromatic rings. The van der Waals surface area contributed by atoms with Crippen molar-refractivity contribution in [1.29, 1.82) is 0 Å². The van der Waals surface area contributed by atoms with Crippen LogP contribution in [0.25, 0.3) is 0 Å². The van der Waals surface area contributed by atoms with Crippen LogP contribution in [0, 0.1) is 0 Å². The van der Waals surface area contributed by atoms with Crippen LogP contribution in [0.5, 0.6) is 0 Å². The lowest BCUT2D eigenvalue weighted by atomic mass is 10.0. The molecule has 0 aliphatic rings. The number of phosphoric acid groups is 1. The smallest absolute Gasteiger partial charge is 0.306 e. The van der Waals surface area contributed by atoms with Gasteiger partial charge in [0.05, 0.1) is 33.9 Å². The van der Waals surface area contributed by atoms with E-state index in [2.05, 4.69) is 26.0 Å². The number of phosphoric ester groups is 1. The molecule has 0 spiro atoms. The molecule has 3 atom stereocenters. The molecule has 0 heterocycles. The first-order chi connectivity index (χ1) is 26.4. The zero-order valence-electron chi connectivity index (χ0n) is 35.2. The number of carbonyl (C=O) groups excluding carboxylic acids is 2. The molecule has 0 radical (unpaired) electrons. The third-order valence-corrected chi connectivity index (χ3v) is 9.60. The van der Waals surface area contributed by atoms with E-state index in [-0.39, 0.29) is 26.1 Å². The number of hydrogen-bond acceptors (Lipinski definition) is 9. The molecule has 0 aliphatic carbocycles. The molecule has 0 aromatic carbocycles. The van der Waals surface area contributed by atoms with Gasteiger partial charge in [-0.2, -0.15) is 0 Å². The van der Waals surface area contributed by atoms with Crippen LogP contribution in [0.4, 0.5) is 0 Å². The van der Waals surface area contributed by atoms with Gasteiger partial charge in [0.1, 0.15) is 19.8 Å². The van der Waals surface area contributed by atoms with Crippen LogP contribution in [0.1, 0.15) is 149 Å². The van der Waals surface area contributed by atoms with Gasteiger partial charge >= 0.3 is 11.9 Å². The molecule has 0 aromatic heterocycles. The monoisotopic (exact) mass is 796 g/mol. The second-order valence-electron chi connectivity index (χ2n) is 15.2. The van der Waals surface area contributed by atoms with Crippen LogP contribution in [0.15, 0.2) is 60.8 Å². The molecule has 0 fully saturated rings. The Hall–Kier alpha value is -2.33. The van der Waals surface area contributed by atoms with Crippen LogP contribution in [0.2, 0.25) is 0 Å². The first-order valence-corrected chi connectivity index (χ1v) is 22.6. The number of unbranched alkanes of at least 4 members (excludes halogenated alkanes) is 13. The number of quaternary nitrogens is 1. The highest BCUT2D eigenvalue weighted by molar-refractivity contribution is 7.45. The zero-order chi connectivity index (χ0) is 40.9. The van der Waals surface area contributed by atoms with Crippen LogP contribution >= 0.6 is 7.82 Å². The Morgan fingerprint density at radius 2 is 1.27 bits per heavy atom. The summed E-state index contributed by atoms with van der Waals surface area (Å²) >= 11 is 0. The minimum Gasteiger partial charge on any atom is -0.756 e. The van der Waals surface area contributed by atoms with E-state index < -0.39 is 38.6 Å². The number of esters is 2. The van der Waals surface area contributed by atoms with Gasteiger partial charge in [0, 0.05) is 12.8 Å². The fourth-order valence-electron chi connectivity index (χ4n) is 5.30. The molecule has 55 heavy (non-hydrogen) atoms. The Balaban J connectivity index is 4.56. The molecule has 2 unspecified atom stereocenters. The standard InChI is InChI=1S/C44H78NO9P/c1-6-8-10-12-14-15-16-17-18-19-23-27-31-35-43(47)51-39-42(40-53-55(49,50)52-38-37-45(3,4)5)54-44(48)36-32-28-24-21-20-22-26-30-34-41(46)33-29-25-13-11-9-7-2/h9,11,21-22,24-26,29-30,34,41-42,46H,6-8,10,12-20,23,27-28,31-33,35-40H2,1-5H3/b11-9-,24-21-,26-22-,29-25-,34-30+/t41?,42-/m1/s1. The van der Waals surface area contributed by atoms with Gasteiger partial charge in [-0.1, -0.05) is 152 Å². The summed E-state index contributed by atoms with van der Waals surface area (Å²) in [5.74, 6) is -0.945. The Morgan fingerprint density at radius 3 is 1.91 bits per heavy atom. The summed E-state index contributed by atoms with van der Waals surface area (Å²) in [6.45, 7) is 3.93. The summed E-state index contributed by atoms with van der Waals surface area (Å²) in [6, 6.07) is 0. The molecule has 0 saturated heterocycles. The molecule has 11 heteroatoms. The van der Waals surface area contributed by atoms with Gasteiger partial charge in [-0.3, -0.25) is 14.2 Å². The molecule has 0 amide bonds. The molecule has 1 N–H and O–H groups in total. The summed E-state index contributed by atoms with van der Waals surface area (Å²) in [5, 5.41) is 10.0. The van der Waals surface area contributed by atoms with Crippen molar-refractivity contribution in [2.24, 2.45) is 0 Å². The van der Waals surface area contributed by atoms with Crippen molar-refractivity contribution in [2.45, 2.75) is 161 Å². The maximum Gasteiger partial charge on any atom is 0.306 e. The molecule has 318 valence electrons. The molecule has 10 nitrogen and oxygen atoms in total. The van der Waals surface area contributed by atoms with Gasteiger partial charge in [0.15, 0.2) is 6.10 Å². The zero-order valence-corrected chi connectivity index (χ0v) is 36.1. The quantitative estimate of drug-likeness (QED) is 0.0163. The molecule has 0 rings (SSSR count). The highest BCUT2D eigenvalue weighted by atomic mass is 31.2. The van der Waals surface area contributed by atoms with Crippen molar-refractivity contribution in [3.8, 4) is 0 Å². The van der Waals surface area contributed by atoms with E-state index >= 15 is 0 Å². The molecule has 0 aliphatic heterocycles. The predicted molar refractivity (Wildman–Crippen MR) is 223 cm³/mol. The number of carbonyl (C=O) groups is 2. The summed E-state index contributed by atoms with van der Waals surface area (Å²) in [6.07, 6.45) is 38.6. The Morgan fingerprint density at radius 1 is 0.691 bits per heavy atom. The molecular weight excluding hydrogens is 717 g/mol.